The van der Waals surface area contributed by atoms with Crippen molar-refractivity contribution in [1.82, 2.24) is 0 Å². The van der Waals surface area contributed by atoms with Crippen molar-refractivity contribution in [1.29, 1.82) is 5.26 Å². The van der Waals surface area contributed by atoms with Gasteiger partial charge in [-0.1, -0.05) is 66.2 Å². The fourth-order valence-electron chi connectivity index (χ4n) is 3.35. The SMILES string of the molecule is Cc1ccc(NC(=O)COc2ccc(/C=C(/C#N)c3ccc4ccccc4c3)cc2)cc1. The molecule has 0 aliphatic heterocycles. The maximum Gasteiger partial charge on any atom is 0.262 e. The number of rotatable bonds is 6. The molecule has 4 nitrogen and oxygen atoms in total. The van der Waals surface area contributed by atoms with E-state index in [0.717, 1.165) is 33.2 Å². The molecular formula is C28H22N2O2. The molecule has 4 rings (SSSR count). The van der Waals surface area contributed by atoms with E-state index in [4.69, 9.17) is 4.74 Å². The van der Waals surface area contributed by atoms with E-state index in [2.05, 4.69) is 17.5 Å². The van der Waals surface area contributed by atoms with Gasteiger partial charge in [0.25, 0.3) is 5.91 Å². The predicted molar refractivity (Wildman–Crippen MR) is 129 cm³/mol. The Labute approximate surface area is 187 Å². The lowest BCUT2D eigenvalue weighted by Crippen LogP contribution is -2.20. The van der Waals surface area contributed by atoms with Crippen LogP contribution in [-0.4, -0.2) is 12.5 Å². The Morgan fingerprint density at radius 2 is 1.66 bits per heavy atom. The van der Waals surface area contributed by atoms with E-state index in [9.17, 15) is 10.1 Å². The molecular weight excluding hydrogens is 396 g/mol. The van der Waals surface area contributed by atoms with Gasteiger partial charge in [0.15, 0.2) is 6.61 Å². The summed E-state index contributed by atoms with van der Waals surface area (Å²) in [5.74, 6) is 0.367. The number of allylic oxidation sites excluding steroid dienone is 1. The van der Waals surface area contributed by atoms with Crippen molar-refractivity contribution in [3.63, 3.8) is 0 Å². The van der Waals surface area contributed by atoms with E-state index in [1.54, 1.807) is 12.1 Å². The van der Waals surface area contributed by atoms with Gasteiger partial charge in [-0.2, -0.15) is 5.26 Å². The largest absolute Gasteiger partial charge is 0.484 e. The maximum atomic E-state index is 12.1. The molecule has 0 unspecified atom stereocenters. The molecule has 0 spiro atoms. The third-order valence-electron chi connectivity index (χ3n) is 5.08. The minimum absolute atomic E-state index is 0.0798. The molecule has 0 radical (unpaired) electrons. The molecule has 0 fully saturated rings. The third-order valence-corrected chi connectivity index (χ3v) is 5.08. The number of fused-ring (bicyclic) bond motifs is 1. The van der Waals surface area contributed by atoms with E-state index in [0.29, 0.717) is 11.3 Å². The lowest BCUT2D eigenvalue weighted by Gasteiger charge is -2.08. The molecule has 0 aliphatic rings. The van der Waals surface area contributed by atoms with Crippen molar-refractivity contribution in [3.05, 3.63) is 108 Å². The van der Waals surface area contributed by atoms with Crippen LogP contribution in [0.2, 0.25) is 0 Å². The maximum absolute atomic E-state index is 12.1. The second-order valence-electron chi connectivity index (χ2n) is 7.50. The first-order valence-electron chi connectivity index (χ1n) is 10.3. The number of amides is 1. The predicted octanol–water partition coefficient (Wildman–Crippen LogP) is 6.23. The summed E-state index contributed by atoms with van der Waals surface area (Å²) in [5.41, 5.74) is 4.21. The number of carbonyl (C=O) groups is 1. The van der Waals surface area contributed by atoms with Crippen LogP contribution in [0.25, 0.3) is 22.4 Å². The molecule has 1 N–H and O–H groups in total. The third kappa shape index (κ3) is 5.21. The summed E-state index contributed by atoms with van der Waals surface area (Å²) >= 11 is 0. The van der Waals surface area contributed by atoms with Crippen LogP contribution in [0.3, 0.4) is 0 Å². The number of nitrogens with zero attached hydrogens (tertiary/aromatic N) is 1. The Kier molecular flexibility index (Phi) is 6.29. The second-order valence-corrected chi connectivity index (χ2v) is 7.50. The van der Waals surface area contributed by atoms with E-state index in [1.807, 2.05) is 85.8 Å². The van der Waals surface area contributed by atoms with Crippen molar-refractivity contribution < 1.29 is 9.53 Å². The molecule has 0 saturated heterocycles. The smallest absolute Gasteiger partial charge is 0.262 e. The van der Waals surface area contributed by atoms with E-state index in [1.165, 1.54) is 0 Å². The van der Waals surface area contributed by atoms with Crippen molar-refractivity contribution in [3.8, 4) is 11.8 Å². The zero-order valence-corrected chi connectivity index (χ0v) is 17.7. The zero-order chi connectivity index (χ0) is 22.3. The molecule has 4 heteroatoms. The highest BCUT2D eigenvalue weighted by Crippen LogP contribution is 2.23. The van der Waals surface area contributed by atoms with Gasteiger partial charge >= 0.3 is 0 Å². The summed E-state index contributed by atoms with van der Waals surface area (Å²) in [4.78, 5) is 12.1. The fourth-order valence-corrected chi connectivity index (χ4v) is 3.35. The number of ether oxygens (including phenoxy) is 1. The lowest BCUT2D eigenvalue weighted by atomic mass is 10.0. The first-order valence-corrected chi connectivity index (χ1v) is 10.3. The van der Waals surface area contributed by atoms with Gasteiger partial charge in [0.05, 0.1) is 11.6 Å². The van der Waals surface area contributed by atoms with Crippen LogP contribution in [0.1, 0.15) is 16.7 Å². The summed E-state index contributed by atoms with van der Waals surface area (Å²) in [6.07, 6.45) is 1.85. The van der Waals surface area contributed by atoms with Crippen LogP contribution in [-0.2, 0) is 4.79 Å². The molecule has 156 valence electrons. The summed E-state index contributed by atoms with van der Waals surface area (Å²) in [6, 6.07) is 31.3. The summed E-state index contributed by atoms with van der Waals surface area (Å²) < 4.78 is 5.59. The number of hydrogen-bond acceptors (Lipinski definition) is 3. The number of benzene rings is 4. The Balaban J connectivity index is 1.40. The van der Waals surface area contributed by atoms with Gasteiger partial charge in [-0.05, 0) is 65.2 Å². The molecule has 1 amide bonds. The Bertz CT molecular complexity index is 1310. The van der Waals surface area contributed by atoms with Crippen molar-refractivity contribution in [2.24, 2.45) is 0 Å². The average molecular weight is 418 g/mol. The molecule has 0 heterocycles. The number of hydrogen-bond donors (Lipinski definition) is 1. The van der Waals surface area contributed by atoms with Gasteiger partial charge in [0.1, 0.15) is 5.75 Å². The van der Waals surface area contributed by atoms with Gasteiger partial charge in [0, 0.05) is 5.69 Å². The van der Waals surface area contributed by atoms with Gasteiger partial charge in [-0.15, -0.1) is 0 Å². The first-order chi connectivity index (χ1) is 15.6. The van der Waals surface area contributed by atoms with Crippen LogP contribution in [0.15, 0.2) is 91.0 Å². The molecule has 0 bridgehead atoms. The number of nitriles is 1. The lowest BCUT2D eigenvalue weighted by molar-refractivity contribution is -0.118. The number of carbonyl (C=O) groups excluding carboxylic acids is 1. The second kappa shape index (κ2) is 9.63. The summed E-state index contributed by atoms with van der Waals surface area (Å²) in [5, 5.41) is 14.7. The van der Waals surface area contributed by atoms with Gasteiger partial charge in [-0.3, -0.25) is 4.79 Å². The van der Waals surface area contributed by atoms with Crippen molar-refractivity contribution in [2.45, 2.75) is 6.92 Å². The van der Waals surface area contributed by atoms with Gasteiger partial charge < -0.3 is 10.1 Å². The topological polar surface area (TPSA) is 62.1 Å². The number of nitrogens with one attached hydrogen (secondary N) is 1. The quantitative estimate of drug-likeness (QED) is 0.298. The Morgan fingerprint density at radius 1 is 0.938 bits per heavy atom. The Hall–Kier alpha value is -4.36. The molecule has 4 aromatic carbocycles. The van der Waals surface area contributed by atoms with Crippen LogP contribution in [0.4, 0.5) is 5.69 Å². The standard InChI is InChI=1S/C28H22N2O2/c1-20-6-12-26(13-7-20)30-28(31)19-32-27-14-8-21(9-15-27)16-25(18-29)24-11-10-22-4-2-3-5-23(22)17-24/h2-17H,19H2,1H3,(H,30,31)/b25-16-. The number of anilines is 1. The number of aryl methyl sites for hydroxylation is 1. The van der Waals surface area contributed by atoms with E-state index < -0.39 is 0 Å². The van der Waals surface area contributed by atoms with Crippen molar-refractivity contribution in [2.75, 3.05) is 11.9 Å². The molecule has 0 saturated carbocycles. The molecule has 32 heavy (non-hydrogen) atoms. The van der Waals surface area contributed by atoms with Crippen LogP contribution >= 0.6 is 0 Å². The normalized spacial score (nSPS) is 11.1. The summed E-state index contributed by atoms with van der Waals surface area (Å²) in [7, 11) is 0. The van der Waals surface area contributed by atoms with Crippen LogP contribution < -0.4 is 10.1 Å². The molecule has 4 aromatic rings. The summed E-state index contributed by atoms with van der Waals surface area (Å²) in [6.45, 7) is 1.92. The fraction of sp³-hybridized carbons (Fsp3) is 0.0714. The molecule has 0 atom stereocenters. The first kappa shape index (κ1) is 20.9. The Morgan fingerprint density at radius 3 is 2.38 bits per heavy atom. The zero-order valence-electron chi connectivity index (χ0n) is 17.7. The van der Waals surface area contributed by atoms with Crippen LogP contribution in [0.5, 0.6) is 5.75 Å². The average Bonchev–Trinajstić information content (AvgIpc) is 2.83. The van der Waals surface area contributed by atoms with E-state index in [-0.39, 0.29) is 12.5 Å². The minimum atomic E-state index is -0.221. The van der Waals surface area contributed by atoms with E-state index >= 15 is 0 Å². The van der Waals surface area contributed by atoms with Gasteiger partial charge in [-0.25, -0.2) is 0 Å². The van der Waals surface area contributed by atoms with Crippen molar-refractivity contribution >= 4 is 34.0 Å². The molecule has 0 aromatic heterocycles. The molecule has 0 aliphatic carbocycles. The minimum Gasteiger partial charge on any atom is -0.484 e. The highest BCUT2D eigenvalue weighted by molar-refractivity contribution is 5.94. The monoisotopic (exact) mass is 418 g/mol. The van der Waals surface area contributed by atoms with Gasteiger partial charge in [0.2, 0.25) is 0 Å². The van der Waals surface area contributed by atoms with Crippen LogP contribution in [0, 0.1) is 18.3 Å². The highest BCUT2D eigenvalue weighted by atomic mass is 16.5. The highest BCUT2D eigenvalue weighted by Gasteiger charge is 2.05.